The summed E-state index contributed by atoms with van der Waals surface area (Å²) in [6.07, 6.45) is 9.04. The first-order chi connectivity index (χ1) is 14.9. The van der Waals surface area contributed by atoms with Crippen molar-refractivity contribution in [1.29, 1.82) is 0 Å². The zero-order chi connectivity index (χ0) is 21.5. The van der Waals surface area contributed by atoms with Crippen LogP contribution in [0.5, 0.6) is 0 Å². The molecule has 2 saturated carbocycles. The molecular formula is C25H44N2O3S. The highest BCUT2D eigenvalue weighted by molar-refractivity contribution is 7.99. The molecule has 2 bridgehead atoms. The summed E-state index contributed by atoms with van der Waals surface area (Å²) in [5.41, 5.74) is 0.874. The van der Waals surface area contributed by atoms with Crippen molar-refractivity contribution in [3.8, 4) is 0 Å². The fourth-order valence-electron chi connectivity index (χ4n) is 5.88. The minimum absolute atomic E-state index is 0.291. The second-order valence-corrected chi connectivity index (χ2v) is 12.9. The van der Waals surface area contributed by atoms with E-state index in [1.807, 2.05) is 0 Å². The Kier molecular flexibility index (Phi) is 6.96. The van der Waals surface area contributed by atoms with Gasteiger partial charge in [0.1, 0.15) is 0 Å². The molecular weight excluding hydrogens is 408 g/mol. The van der Waals surface area contributed by atoms with Crippen LogP contribution in [0.3, 0.4) is 0 Å². The summed E-state index contributed by atoms with van der Waals surface area (Å²) in [4.78, 5) is 5.41. The number of morpholine rings is 1. The molecule has 178 valence electrons. The van der Waals surface area contributed by atoms with Crippen LogP contribution in [-0.2, 0) is 14.2 Å². The Labute approximate surface area is 193 Å². The van der Waals surface area contributed by atoms with E-state index in [2.05, 4.69) is 42.3 Å². The molecule has 0 aromatic carbocycles. The van der Waals surface area contributed by atoms with E-state index in [1.54, 1.807) is 0 Å². The molecule has 0 radical (unpaired) electrons. The van der Waals surface area contributed by atoms with Crippen LogP contribution in [-0.4, -0.2) is 97.7 Å². The molecule has 5 aliphatic rings. The highest BCUT2D eigenvalue weighted by Gasteiger charge is 2.52. The highest BCUT2D eigenvalue weighted by Crippen LogP contribution is 2.49. The van der Waals surface area contributed by atoms with Crippen molar-refractivity contribution in [3.63, 3.8) is 0 Å². The Balaban J connectivity index is 1.06. The summed E-state index contributed by atoms with van der Waals surface area (Å²) < 4.78 is 18.8. The normalized spacial score (nSPS) is 35.0. The molecule has 4 unspecified atom stereocenters. The summed E-state index contributed by atoms with van der Waals surface area (Å²) in [6.45, 7) is 14.5. The number of hydrogen-bond donors (Lipinski definition) is 0. The zero-order valence-corrected chi connectivity index (χ0v) is 20.8. The highest BCUT2D eigenvalue weighted by atomic mass is 32.2. The summed E-state index contributed by atoms with van der Waals surface area (Å²) in [5, 5.41) is 0. The second-order valence-electron chi connectivity index (χ2n) is 11.6. The van der Waals surface area contributed by atoms with Crippen molar-refractivity contribution in [2.45, 2.75) is 89.8 Å². The van der Waals surface area contributed by atoms with Crippen LogP contribution in [0, 0.1) is 10.8 Å². The molecule has 31 heavy (non-hydrogen) atoms. The maximum absolute atomic E-state index is 6.44. The van der Waals surface area contributed by atoms with Gasteiger partial charge in [0.05, 0.1) is 37.6 Å². The van der Waals surface area contributed by atoms with Crippen LogP contribution in [0.25, 0.3) is 0 Å². The van der Waals surface area contributed by atoms with E-state index < -0.39 is 0 Å². The first-order valence-electron chi connectivity index (χ1n) is 12.9. The second kappa shape index (κ2) is 9.42. The van der Waals surface area contributed by atoms with Crippen LogP contribution in [0.4, 0.5) is 0 Å². The molecule has 6 heteroatoms. The van der Waals surface area contributed by atoms with E-state index in [-0.39, 0.29) is 0 Å². The van der Waals surface area contributed by atoms with Crippen molar-refractivity contribution in [2.75, 3.05) is 57.4 Å². The van der Waals surface area contributed by atoms with Crippen molar-refractivity contribution >= 4 is 11.8 Å². The Morgan fingerprint density at radius 2 is 1.65 bits per heavy atom. The fourth-order valence-corrected chi connectivity index (χ4v) is 6.86. The molecule has 5 fully saturated rings. The molecule has 3 heterocycles. The first-order valence-corrected chi connectivity index (χ1v) is 14.0. The molecule has 0 spiro atoms. The largest absolute Gasteiger partial charge is 0.378 e. The number of fused-ring (bicyclic) bond motifs is 2. The average molecular weight is 453 g/mol. The van der Waals surface area contributed by atoms with Crippen molar-refractivity contribution in [2.24, 2.45) is 10.8 Å². The summed E-state index contributed by atoms with van der Waals surface area (Å²) >= 11 is 2.10. The van der Waals surface area contributed by atoms with Gasteiger partial charge in [-0.05, 0) is 52.9 Å². The van der Waals surface area contributed by atoms with Crippen molar-refractivity contribution in [3.05, 3.63) is 0 Å². The number of likely N-dealkylation sites (tertiary alicyclic amines) is 1. The summed E-state index contributed by atoms with van der Waals surface area (Å²) in [6, 6.07) is 0.591. The molecule has 3 aliphatic heterocycles. The number of ether oxygens (including phenoxy) is 3. The third-order valence-corrected chi connectivity index (χ3v) is 9.23. The Bertz CT molecular complexity index is 604. The zero-order valence-electron chi connectivity index (χ0n) is 20.0. The van der Waals surface area contributed by atoms with Gasteiger partial charge in [-0.3, -0.25) is 4.90 Å². The lowest BCUT2D eigenvalue weighted by Gasteiger charge is -2.37. The van der Waals surface area contributed by atoms with Crippen LogP contribution in [0.15, 0.2) is 0 Å². The standard InChI is InChI=1S/C25H44N2O3S/c1-19(2)28-17-25(6-7-25)16-27-14-21-13-22(27)23(30-21)12-20(3)29-18-24(4-5-24)15-26-8-10-31-11-9-26/h19-23H,4-18H2,1-3H3. The van der Waals surface area contributed by atoms with E-state index in [4.69, 9.17) is 14.2 Å². The van der Waals surface area contributed by atoms with Crippen LogP contribution < -0.4 is 0 Å². The molecule has 5 nitrogen and oxygen atoms in total. The predicted molar refractivity (Wildman–Crippen MR) is 127 cm³/mol. The quantitative estimate of drug-likeness (QED) is 0.450. The first kappa shape index (κ1) is 22.9. The lowest BCUT2D eigenvalue weighted by atomic mass is 10.0. The van der Waals surface area contributed by atoms with Gasteiger partial charge in [-0.25, -0.2) is 0 Å². The smallest absolute Gasteiger partial charge is 0.0760 e. The Morgan fingerprint density at radius 1 is 0.968 bits per heavy atom. The molecule has 0 amide bonds. The van der Waals surface area contributed by atoms with E-state index in [0.29, 0.717) is 41.3 Å². The topological polar surface area (TPSA) is 34.2 Å². The lowest BCUT2D eigenvalue weighted by molar-refractivity contribution is -0.0752. The Morgan fingerprint density at radius 3 is 2.29 bits per heavy atom. The minimum atomic E-state index is 0.291. The number of rotatable bonds is 12. The molecule has 3 saturated heterocycles. The lowest BCUT2D eigenvalue weighted by Crippen LogP contribution is -2.47. The summed E-state index contributed by atoms with van der Waals surface area (Å²) in [7, 11) is 0. The third-order valence-electron chi connectivity index (χ3n) is 8.28. The molecule has 0 N–H and O–H groups in total. The van der Waals surface area contributed by atoms with Gasteiger partial charge in [-0.15, -0.1) is 0 Å². The van der Waals surface area contributed by atoms with E-state index >= 15 is 0 Å². The van der Waals surface area contributed by atoms with Crippen LogP contribution in [0.2, 0.25) is 0 Å². The van der Waals surface area contributed by atoms with Gasteiger partial charge < -0.3 is 19.1 Å². The van der Waals surface area contributed by atoms with E-state index in [0.717, 1.165) is 26.2 Å². The van der Waals surface area contributed by atoms with Gasteiger partial charge in [0, 0.05) is 67.5 Å². The van der Waals surface area contributed by atoms with Gasteiger partial charge in [-0.1, -0.05) is 0 Å². The molecule has 5 rings (SSSR count). The van der Waals surface area contributed by atoms with Gasteiger partial charge in [0.15, 0.2) is 0 Å². The molecule has 0 aromatic rings. The molecule has 2 aliphatic carbocycles. The van der Waals surface area contributed by atoms with Gasteiger partial charge >= 0.3 is 0 Å². The maximum atomic E-state index is 6.44. The number of thioether (sulfide) groups is 1. The van der Waals surface area contributed by atoms with Gasteiger partial charge in [0.2, 0.25) is 0 Å². The monoisotopic (exact) mass is 452 g/mol. The van der Waals surface area contributed by atoms with Gasteiger partial charge in [0.25, 0.3) is 0 Å². The van der Waals surface area contributed by atoms with Crippen molar-refractivity contribution in [1.82, 2.24) is 9.80 Å². The average Bonchev–Trinajstić information content (AvgIpc) is 3.62. The predicted octanol–water partition coefficient (Wildman–Crippen LogP) is 3.66. The van der Waals surface area contributed by atoms with E-state index in [1.165, 1.54) is 69.8 Å². The number of nitrogens with zero attached hydrogens (tertiary/aromatic N) is 2. The van der Waals surface area contributed by atoms with Gasteiger partial charge in [-0.2, -0.15) is 11.8 Å². The van der Waals surface area contributed by atoms with Crippen LogP contribution >= 0.6 is 11.8 Å². The van der Waals surface area contributed by atoms with E-state index in [9.17, 15) is 0 Å². The maximum Gasteiger partial charge on any atom is 0.0760 e. The molecule has 0 aromatic heterocycles. The summed E-state index contributed by atoms with van der Waals surface area (Å²) in [5.74, 6) is 2.60. The SMILES string of the molecule is CC(C)OCC1(CN2CC3CC2C(CC(C)OCC2(CN4CCSCC4)CC2)O3)CC1. The van der Waals surface area contributed by atoms with Crippen molar-refractivity contribution < 1.29 is 14.2 Å². The Hall–Kier alpha value is 0.150. The third kappa shape index (κ3) is 5.81. The fraction of sp³-hybridized carbons (Fsp3) is 1.00. The van der Waals surface area contributed by atoms with Crippen LogP contribution in [0.1, 0.15) is 59.3 Å². The number of hydrogen-bond acceptors (Lipinski definition) is 6. The molecule has 4 atom stereocenters. The minimum Gasteiger partial charge on any atom is -0.378 e.